The molecule has 1 saturated heterocycles. The highest BCUT2D eigenvalue weighted by molar-refractivity contribution is 5.33. The molecule has 0 amide bonds. The molecule has 1 aliphatic heterocycles. The van der Waals surface area contributed by atoms with Crippen molar-refractivity contribution in [2.75, 3.05) is 39.3 Å². The highest BCUT2D eigenvalue weighted by Gasteiger charge is 2.43. The molecule has 1 aromatic rings. The van der Waals surface area contributed by atoms with E-state index in [1.54, 1.807) is 0 Å². The molecule has 0 atom stereocenters. The van der Waals surface area contributed by atoms with Gasteiger partial charge in [-0.15, -0.1) is 0 Å². The van der Waals surface area contributed by atoms with Crippen molar-refractivity contribution in [2.45, 2.75) is 24.7 Å². The lowest BCUT2D eigenvalue weighted by atomic mass is 9.95. The largest absolute Gasteiger partial charge is 0.395 e. The molecule has 0 radical (unpaired) electrons. The van der Waals surface area contributed by atoms with Crippen LogP contribution in [0.15, 0.2) is 24.3 Å². The minimum absolute atomic E-state index is 0.108. The number of aliphatic hydroxyl groups is 1. The molecule has 2 aliphatic rings. The summed E-state index contributed by atoms with van der Waals surface area (Å²) in [7, 11) is 0. The molecule has 3 heteroatoms. The number of rotatable bonds is 5. The molecule has 3 rings (SSSR count). The zero-order valence-corrected chi connectivity index (χ0v) is 11.6. The Morgan fingerprint density at radius 2 is 1.79 bits per heavy atom. The second-order valence-electron chi connectivity index (χ2n) is 5.98. The van der Waals surface area contributed by atoms with E-state index in [9.17, 15) is 5.11 Å². The van der Waals surface area contributed by atoms with Crippen LogP contribution in [0.1, 0.15) is 24.0 Å². The minimum Gasteiger partial charge on any atom is -0.395 e. The Morgan fingerprint density at radius 1 is 1.11 bits per heavy atom. The summed E-state index contributed by atoms with van der Waals surface area (Å²) in [5, 5.41) is 12.8. The van der Waals surface area contributed by atoms with Gasteiger partial charge in [-0.2, -0.15) is 0 Å². The summed E-state index contributed by atoms with van der Waals surface area (Å²) in [5.41, 5.74) is 2.84. The quantitative estimate of drug-likeness (QED) is 0.834. The van der Waals surface area contributed by atoms with Crippen LogP contribution in [-0.2, 0) is 11.8 Å². The first kappa shape index (κ1) is 13.1. The third-order valence-electron chi connectivity index (χ3n) is 4.65. The monoisotopic (exact) mass is 260 g/mol. The van der Waals surface area contributed by atoms with E-state index >= 15 is 0 Å². The SMILES string of the molecule is OCC1(c2ccc(CCN3CCNCC3)cc2)CC1. The van der Waals surface area contributed by atoms with Crippen molar-refractivity contribution in [1.82, 2.24) is 10.2 Å². The van der Waals surface area contributed by atoms with E-state index in [1.165, 1.54) is 24.2 Å². The topological polar surface area (TPSA) is 35.5 Å². The molecule has 1 aliphatic carbocycles. The van der Waals surface area contributed by atoms with Crippen LogP contribution in [0, 0.1) is 0 Å². The molecular weight excluding hydrogens is 236 g/mol. The van der Waals surface area contributed by atoms with Gasteiger partial charge in [-0.1, -0.05) is 24.3 Å². The molecule has 19 heavy (non-hydrogen) atoms. The third kappa shape index (κ3) is 2.99. The van der Waals surface area contributed by atoms with Crippen LogP contribution in [0.4, 0.5) is 0 Å². The fourth-order valence-electron chi connectivity index (χ4n) is 2.94. The zero-order valence-electron chi connectivity index (χ0n) is 11.6. The van der Waals surface area contributed by atoms with Crippen molar-refractivity contribution in [3.63, 3.8) is 0 Å². The molecule has 104 valence electrons. The van der Waals surface area contributed by atoms with Gasteiger partial charge in [0.15, 0.2) is 0 Å². The number of nitrogens with zero attached hydrogens (tertiary/aromatic N) is 1. The number of piperazine rings is 1. The highest BCUT2D eigenvalue weighted by atomic mass is 16.3. The lowest BCUT2D eigenvalue weighted by molar-refractivity contribution is 0.244. The van der Waals surface area contributed by atoms with Crippen LogP contribution >= 0.6 is 0 Å². The summed E-state index contributed by atoms with van der Waals surface area (Å²) >= 11 is 0. The Kier molecular flexibility index (Phi) is 3.87. The van der Waals surface area contributed by atoms with Gasteiger partial charge in [0.1, 0.15) is 0 Å². The maximum atomic E-state index is 9.44. The first-order valence-electron chi connectivity index (χ1n) is 7.46. The molecule has 1 aromatic carbocycles. The van der Waals surface area contributed by atoms with Gasteiger partial charge in [-0.05, 0) is 30.4 Å². The Morgan fingerprint density at radius 3 is 2.37 bits per heavy atom. The number of hydrogen-bond donors (Lipinski definition) is 2. The first-order valence-corrected chi connectivity index (χ1v) is 7.46. The predicted octanol–water partition coefficient (Wildman–Crippen LogP) is 1.16. The maximum Gasteiger partial charge on any atom is 0.0527 e. The van der Waals surface area contributed by atoms with Gasteiger partial charge in [-0.3, -0.25) is 0 Å². The number of aliphatic hydroxyl groups excluding tert-OH is 1. The van der Waals surface area contributed by atoms with Crippen molar-refractivity contribution in [1.29, 1.82) is 0 Å². The van der Waals surface area contributed by atoms with Crippen molar-refractivity contribution in [3.05, 3.63) is 35.4 Å². The molecule has 2 fully saturated rings. The lowest BCUT2D eigenvalue weighted by Crippen LogP contribution is -2.44. The van der Waals surface area contributed by atoms with Crippen LogP contribution in [0.2, 0.25) is 0 Å². The maximum absolute atomic E-state index is 9.44. The van der Waals surface area contributed by atoms with E-state index in [0.717, 1.165) is 38.9 Å². The molecular formula is C16H24N2O. The molecule has 0 bridgehead atoms. The van der Waals surface area contributed by atoms with Crippen LogP contribution in [0.5, 0.6) is 0 Å². The summed E-state index contributed by atoms with van der Waals surface area (Å²) in [6.45, 7) is 6.05. The van der Waals surface area contributed by atoms with Crippen molar-refractivity contribution < 1.29 is 5.11 Å². The van der Waals surface area contributed by atoms with E-state index in [1.807, 2.05) is 0 Å². The van der Waals surface area contributed by atoms with E-state index in [0.29, 0.717) is 6.61 Å². The fraction of sp³-hybridized carbons (Fsp3) is 0.625. The highest BCUT2D eigenvalue weighted by Crippen LogP contribution is 2.47. The second-order valence-corrected chi connectivity index (χ2v) is 5.98. The summed E-state index contributed by atoms with van der Waals surface area (Å²) < 4.78 is 0. The Balaban J connectivity index is 1.54. The van der Waals surface area contributed by atoms with E-state index in [4.69, 9.17) is 0 Å². The number of nitrogens with one attached hydrogen (secondary N) is 1. The van der Waals surface area contributed by atoms with E-state index in [2.05, 4.69) is 34.5 Å². The van der Waals surface area contributed by atoms with Gasteiger partial charge in [0, 0.05) is 38.1 Å². The molecule has 2 N–H and O–H groups in total. The normalized spacial score (nSPS) is 22.4. The zero-order chi connectivity index (χ0) is 13.1. The second kappa shape index (κ2) is 5.61. The van der Waals surface area contributed by atoms with E-state index in [-0.39, 0.29) is 5.41 Å². The summed E-state index contributed by atoms with van der Waals surface area (Å²) in [5.74, 6) is 0. The van der Waals surface area contributed by atoms with Gasteiger partial charge >= 0.3 is 0 Å². The van der Waals surface area contributed by atoms with Crippen LogP contribution in [-0.4, -0.2) is 49.3 Å². The Hall–Kier alpha value is -0.900. The van der Waals surface area contributed by atoms with Gasteiger partial charge in [0.05, 0.1) is 6.61 Å². The first-order chi connectivity index (χ1) is 9.32. The fourth-order valence-corrected chi connectivity index (χ4v) is 2.94. The average molecular weight is 260 g/mol. The molecule has 0 spiro atoms. The molecule has 1 saturated carbocycles. The van der Waals surface area contributed by atoms with Gasteiger partial charge < -0.3 is 15.3 Å². The minimum atomic E-state index is 0.108. The lowest BCUT2D eigenvalue weighted by Gasteiger charge is -2.27. The van der Waals surface area contributed by atoms with Gasteiger partial charge in [0.2, 0.25) is 0 Å². The summed E-state index contributed by atoms with van der Waals surface area (Å²) in [4.78, 5) is 2.53. The number of benzene rings is 1. The van der Waals surface area contributed by atoms with Crippen LogP contribution < -0.4 is 5.32 Å². The molecule has 1 heterocycles. The molecule has 0 aromatic heterocycles. The van der Waals surface area contributed by atoms with Crippen molar-refractivity contribution >= 4 is 0 Å². The molecule has 0 unspecified atom stereocenters. The Bertz CT molecular complexity index is 405. The smallest absolute Gasteiger partial charge is 0.0527 e. The predicted molar refractivity (Wildman–Crippen MR) is 77.5 cm³/mol. The van der Waals surface area contributed by atoms with Gasteiger partial charge in [-0.25, -0.2) is 0 Å². The third-order valence-corrected chi connectivity index (χ3v) is 4.65. The van der Waals surface area contributed by atoms with Crippen molar-refractivity contribution in [2.24, 2.45) is 0 Å². The van der Waals surface area contributed by atoms with Crippen LogP contribution in [0.25, 0.3) is 0 Å². The van der Waals surface area contributed by atoms with E-state index < -0.39 is 0 Å². The summed E-state index contributed by atoms with van der Waals surface area (Å²) in [6, 6.07) is 8.92. The van der Waals surface area contributed by atoms with Gasteiger partial charge in [0.25, 0.3) is 0 Å². The average Bonchev–Trinajstić information content (AvgIpc) is 3.28. The number of hydrogen-bond acceptors (Lipinski definition) is 3. The summed E-state index contributed by atoms with van der Waals surface area (Å²) in [6.07, 6.45) is 3.42. The Labute approximate surface area is 115 Å². The molecule has 3 nitrogen and oxygen atoms in total. The van der Waals surface area contributed by atoms with Crippen LogP contribution in [0.3, 0.4) is 0 Å². The van der Waals surface area contributed by atoms with Crippen molar-refractivity contribution in [3.8, 4) is 0 Å². The standard InChI is InChI=1S/C16H24N2O/c19-13-16(6-7-16)15-3-1-14(2-4-15)5-10-18-11-8-17-9-12-18/h1-4,17,19H,5-13H2.